The fourth-order valence-electron chi connectivity index (χ4n) is 2.65. The standard InChI is InChI=1S/C14H18BrNO4S/c1-9-6-7-13(11(15)8-9)21(19,20)16-12-5-3-2-4-10(12)14(17)18/h6-8,10,12,16H,2-5H2,1H3,(H,17,18). The van der Waals surface area contributed by atoms with Crippen LogP contribution in [0.3, 0.4) is 0 Å². The summed E-state index contributed by atoms with van der Waals surface area (Å²) in [7, 11) is -3.73. The third-order valence-corrected chi connectivity index (χ3v) is 6.23. The van der Waals surface area contributed by atoms with E-state index in [0.717, 1.165) is 18.4 Å². The summed E-state index contributed by atoms with van der Waals surface area (Å²) in [6.07, 6.45) is 2.73. The van der Waals surface area contributed by atoms with Gasteiger partial charge in [0.25, 0.3) is 0 Å². The predicted octanol–water partition coefficient (Wildman–Crippen LogP) is 2.68. The van der Waals surface area contributed by atoms with Crippen LogP contribution in [0.1, 0.15) is 31.2 Å². The number of aryl methyl sites for hydroxylation is 1. The number of benzene rings is 1. The van der Waals surface area contributed by atoms with Gasteiger partial charge in [0.1, 0.15) is 0 Å². The van der Waals surface area contributed by atoms with Crippen LogP contribution in [0, 0.1) is 12.8 Å². The molecule has 116 valence electrons. The molecule has 5 nitrogen and oxygen atoms in total. The molecule has 2 rings (SSSR count). The molecule has 2 N–H and O–H groups in total. The lowest BCUT2D eigenvalue weighted by atomic mass is 9.85. The molecule has 0 heterocycles. The molecule has 1 fully saturated rings. The average Bonchev–Trinajstić information content (AvgIpc) is 2.37. The fraction of sp³-hybridized carbons (Fsp3) is 0.500. The topological polar surface area (TPSA) is 83.5 Å². The maximum atomic E-state index is 12.5. The first-order valence-corrected chi connectivity index (χ1v) is 9.10. The summed E-state index contributed by atoms with van der Waals surface area (Å²) in [6.45, 7) is 1.87. The second-order valence-electron chi connectivity index (χ2n) is 5.39. The van der Waals surface area contributed by atoms with Crippen molar-refractivity contribution in [3.8, 4) is 0 Å². The molecule has 1 aromatic rings. The van der Waals surface area contributed by atoms with Crippen molar-refractivity contribution >= 4 is 31.9 Å². The Balaban J connectivity index is 2.25. The van der Waals surface area contributed by atoms with Gasteiger partial charge in [0.2, 0.25) is 10.0 Å². The van der Waals surface area contributed by atoms with Gasteiger partial charge in [-0.25, -0.2) is 13.1 Å². The summed E-state index contributed by atoms with van der Waals surface area (Å²) < 4.78 is 28.0. The van der Waals surface area contributed by atoms with Crippen molar-refractivity contribution < 1.29 is 18.3 Å². The highest BCUT2D eigenvalue weighted by Gasteiger charge is 2.34. The van der Waals surface area contributed by atoms with Gasteiger partial charge in [-0.2, -0.15) is 0 Å². The van der Waals surface area contributed by atoms with Crippen LogP contribution in [-0.2, 0) is 14.8 Å². The largest absolute Gasteiger partial charge is 0.481 e. The lowest BCUT2D eigenvalue weighted by Gasteiger charge is -2.29. The van der Waals surface area contributed by atoms with E-state index in [4.69, 9.17) is 0 Å². The molecular formula is C14H18BrNO4S. The second kappa shape index (κ2) is 6.46. The van der Waals surface area contributed by atoms with E-state index in [9.17, 15) is 18.3 Å². The maximum absolute atomic E-state index is 12.5. The predicted molar refractivity (Wildman–Crippen MR) is 82.6 cm³/mol. The number of nitrogens with one attached hydrogen (secondary N) is 1. The molecule has 1 aliphatic rings. The van der Waals surface area contributed by atoms with Crippen LogP contribution in [0.15, 0.2) is 27.6 Å². The molecule has 2 atom stereocenters. The number of aliphatic carboxylic acids is 1. The van der Waals surface area contributed by atoms with E-state index in [1.165, 1.54) is 6.07 Å². The second-order valence-corrected chi connectivity index (χ2v) is 7.93. The zero-order valence-corrected chi connectivity index (χ0v) is 14.1. The number of carboxylic acids is 1. The van der Waals surface area contributed by atoms with E-state index >= 15 is 0 Å². The van der Waals surface area contributed by atoms with Gasteiger partial charge < -0.3 is 5.11 Å². The summed E-state index contributed by atoms with van der Waals surface area (Å²) in [4.78, 5) is 11.4. The molecule has 0 saturated heterocycles. The molecule has 0 aliphatic heterocycles. The molecule has 1 aliphatic carbocycles. The van der Waals surface area contributed by atoms with Crippen molar-refractivity contribution in [1.29, 1.82) is 0 Å². The third-order valence-electron chi connectivity index (χ3n) is 3.77. The Hall–Kier alpha value is -0.920. The van der Waals surface area contributed by atoms with E-state index in [0.29, 0.717) is 17.3 Å². The van der Waals surface area contributed by atoms with Crippen LogP contribution >= 0.6 is 15.9 Å². The smallest absolute Gasteiger partial charge is 0.308 e. The zero-order chi connectivity index (χ0) is 15.6. The molecule has 1 saturated carbocycles. The Morgan fingerprint density at radius 1 is 1.33 bits per heavy atom. The molecule has 0 aromatic heterocycles. The Morgan fingerprint density at radius 3 is 2.62 bits per heavy atom. The van der Waals surface area contributed by atoms with Crippen molar-refractivity contribution in [3.63, 3.8) is 0 Å². The number of hydrogen-bond donors (Lipinski definition) is 2. The molecule has 0 radical (unpaired) electrons. The SMILES string of the molecule is Cc1ccc(S(=O)(=O)NC2CCCCC2C(=O)O)c(Br)c1. The first-order valence-electron chi connectivity index (χ1n) is 6.82. The van der Waals surface area contributed by atoms with Gasteiger partial charge in [0.05, 0.1) is 10.8 Å². The molecule has 2 unspecified atom stereocenters. The van der Waals surface area contributed by atoms with Crippen molar-refractivity contribution in [1.82, 2.24) is 4.72 Å². The molecule has 7 heteroatoms. The van der Waals surface area contributed by atoms with Crippen molar-refractivity contribution in [2.75, 3.05) is 0 Å². The van der Waals surface area contributed by atoms with Gasteiger partial charge in [0.15, 0.2) is 0 Å². The van der Waals surface area contributed by atoms with Crippen LogP contribution in [0.2, 0.25) is 0 Å². The minimum absolute atomic E-state index is 0.141. The van der Waals surface area contributed by atoms with E-state index in [-0.39, 0.29) is 4.90 Å². The van der Waals surface area contributed by atoms with Crippen LogP contribution in [0.25, 0.3) is 0 Å². The Bertz CT molecular complexity index is 644. The van der Waals surface area contributed by atoms with Gasteiger partial charge in [-0.3, -0.25) is 4.79 Å². The minimum atomic E-state index is -3.73. The monoisotopic (exact) mass is 375 g/mol. The van der Waals surface area contributed by atoms with E-state index in [2.05, 4.69) is 20.7 Å². The summed E-state index contributed by atoms with van der Waals surface area (Å²) in [5.74, 6) is -1.59. The highest BCUT2D eigenvalue weighted by Crippen LogP contribution is 2.28. The Kier molecular flexibility index (Phi) is 5.06. The fourth-order valence-corrected chi connectivity index (χ4v) is 5.16. The van der Waals surface area contributed by atoms with Gasteiger partial charge in [-0.05, 0) is 53.4 Å². The van der Waals surface area contributed by atoms with Gasteiger partial charge in [0, 0.05) is 10.5 Å². The van der Waals surface area contributed by atoms with Crippen molar-refractivity contribution in [2.24, 2.45) is 5.92 Å². The zero-order valence-electron chi connectivity index (χ0n) is 11.7. The average molecular weight is 376 g/mol. The summed E-state index contributed by atoms with van der Waals surface area (Å²) in [6, 6.07) is 4.42. The molecule has 0 spiro atoms. The number of carboxylic acid groups (broad SMARTS) is 1. The number of sulfonamides is 1. The van der Waals surface area contributed by atoms with Gasteiger partial charge in [-0.1, -0.05) is 18.9 Å². The van der Waals surface area contributed by atoms with E-state index < -0.39 is 28.0 Å². The van der Waals surface area contributed by atoms with Gasteiger partial charge >= 0.3 is 5.97 Å². The van der Waals surface area contributed by atoms with Gasteiger partial charge in [-0.15, -0.1) is 0 Å². The van der Waals surface area contributed by atoms with Crippen molar-refractivity contribution in [2.45, 2.75) is 43.5 Å². The van der Waals surface area contributed by atoms with E-state index in [1.54, 1.807) is 12.1 Å². The minimum Gasteiger partial charge on any atom is -0.481 e. The molecule has 0 amide bonds. The number of hydrogen-bond acceptors (Lipinski definition) is 3. The molecule has 21 heavy (non-hydrogen) atoms. The van der Waals surface area contributed by atoms with Crippen LogP contribution in [0.4, 0.5) is 0 Å². The van der Waals surface area contributed by atoms with Crippen LogP contribution in [-0.4, -0.2) is 25.5 Å². The number of halogens is 1. The molecule has 1 aromatic carbocycles. The van der Waals surface area contributed by atoms with Crippen molar-refractivity contribution in [3.05, 3.63) is 28.2 Å². The Morgan fingerprint density at radius 2 is 2.00 bits per heavy atom. The summed E-state index contributed by atoms with van der Waals surface area (Å²) in [5, 5.41) is 9.22. The number of rotatable bonds is 4. The first-order chi connectivity index (χ1) is 9.81. The third kappa shape index (κ3) is 3.84. The van der Waals surface area contributed by atoms with Crippen LogP contribution < -0.4 is 4.72 Å². The summed E-state index contributed by atoms with van der Waals surface area (Å²) >= 11 is 3.26. The highest BCUT2D eigenvalue weighted by molar-refractivity contribution is 9.10. The van der Waals surface area contributed by atoms with Crippen LogP contribution in [0.5, 0.6) is 0 Å². The normalized spacial score (nSPS) is 23.0. The van der Waals surface area contributed by atoms with E-state index in [1.807, 2.05) is 6.92 Å². The number of carbonyl (C=O) groups is 1. The highest BCUT2D eigenvalue weighted by atomic mass is 79.9. The lowest BCUT2D eigenvalue weighted by molar-refractivity contribution is -0.143. The first kappa shape index (κ1) is 16.5. The summed E-state index contributed by atoms with van der Waals surface area (Å²) in [5.41, 5.74) is 0.946. The lowest BCUT2D eigenvalue weighted by Crippen LogP contribution is -2.45. The maximum Gasteiger partial charge on any atom is 0.308 e. The Labute approximate surface area is 132 Å². The quantitative estimate of drug-likeness (QED) is 0.847. The molecular weight excluding hydrogens is 358 g/mol. The molecule has 0 bridgehead atoms.